The maximum absolute atomic E-state index is 14.1. The molecule has 274 valence electrons. The molecule has 0 saturated carbocycles. The second kappa shape index (κ2) is 14.1. The van der Waals surface area contributed by atoms with Crippen LogP contribution >= 0.6 is 0 Å². The summed E-state index contributed by atoms with van der Waals surface area (Å²) in [5, 5.41) is 56.8. The Morgan fingerprint density at radius 2 is 1.63 bits per heavy atom. The van der Waals surface area contributed by atoms with Crippen molar-refractivity contribution in [1.82, 2.24) is 9.97 Å². The number of nitrogens with zero attached hydrogens (tertiary/aromatic N) is 2. The molecule has 0 radical (unpaired) electrons. The molecule has 0 spiro atoms. The molecule has 1 aromatic heterocycles. The van der Waals surface area contributed by atoms with Gasteiger partial charge < -0.3 is 44.5 Å². The fraction of sp³-hybridized carbons (Fsp3) is 0.474. The topological polar surface area (TPSA) is 198 Å². The molecule has 0 aliphatic carbocycles. The highest BCUT2D eigenvalue weighted by molar-refractivity contribution is 6.23. The zero-order chi connectivity index (χ0) is 37.7. The molecule has 7 bridgehead atoms. The van der Waals surface area contributed by atoms with E-state index in [-0.39, 0.29) is 44.4 Å². The fourth-order valence-corrected chi connectivity index (χ4v) is 7.08. The second-order valence-corrected chi connectivity index (χ2v) is 13.8. The van der Waals surface area contributed by atoms with Crippen LogP contribution in [0.1, 0.15) is 70.2 Å². The Balaban J connectivity index is 1.70. The quantitative estimate of drug-likeness (QED) is 0.132. The van der Waals surface area contributed by atoms with E-state index in [1.165, 1.54) is 46.4 Å². The third-order valence-electron chi connectivity index (χ3n) is 10.3. The minimum absolute atomic E-state index is 0.0343. The second-order valence-electron chi connectivity index (χ2n) is 13.8. The van der Waals surface area contributed by atoms with Crippen molar-refractivity contribution in [2.45, 2.75) is 85.6 Å². The number of phenolic OH excluding ortho intramolecular Hbond substituents is 3. The van der Waals surface area contributed by atoms with E-state index in [0.717, 1.165) is 0 Å². The first-order valence-corrected chi connectivity index (χ1v) is 16.8. The van der Waals surface area contributed by atoms with Gasteiger partial charge in [0.15, 0.2) is 11.6 Å². The van der Waals surface area contributed by atoms with E-state index in [1.54, 1.807) is 45.9 Å². The molecule has 2 aromatic carbocycles. The van der Waals surface area contributed by atoms with Crippen LogP contribution in [0.4, 0.5) is 0 Å². The summed E-state index contributed by atoms with van der Waals surface area (Å²) >= 11 is 0. The van der Waals surface area contributed by atoms with Gasteiger partial charge in [-0.25, -0.2) is 9.97 Å². The summed E-state index contributed by atoms with van der Waals surface area (Å²) in [6.07, 6.45) is 5.58. The number of ether oxygens (including phenoxy) is 4. The maximum atomic E-state index is 14.1. The number of phenols is 3. The van der Waals surface area contributed by atoms with Crippen molar-refractivity contribution in [1.29, 1.82) is 0 Å². The number of hydrogen-bond acceptors (Lipinski definition) is 13. The molecule has 13 nitrogen and oxygen atoms in total. The lowest BCUT2D eigenvalue weighted by Crippen LogP contribution is -2.46. The molecular weight excluding hydrogens is 660 g/mol. The van der Waals surface area contributed by atoms with Gasteiger partial charge in [0.1, 0.15) is 28.9 Å². The van der Waals surface area contributed by atoms with Gasteiger partial charge in [-0.1, -0.05) is 45.9 Å². The van der Waals surface area contributed by atoms with Gasteiger partial charge in [-0.3, -0.25) is 9.59 Å². The molecule has 3 aliphatic rings. The van der Waals surface area contributed by atoms with Crippen molar-refractivity contribution in [3.8, 4) is 23.0 Å². The van der Waals surface area contributed by atoms with E-state index in [2.05, 4.69) is 9.97 Å². The molecule has 4 heterocycles. The number of allylic oxidation sites excluding steroid dienone is 3. The van der Waals surface area contributed by atoms with Crippen molar-refractivity contribution in [2.75, 3.05) is 7.11 Å². The Morgan fingerprint density at radius 1 is 0.941 bits per heavy atom. The van der Waals surface area contributed by atoms with Gasteiger partial charge in [0.05, 0.1) is 40.9 Å². The number of aliphatic hydroxyl groups excluding tert-OH is 2. The maximum Gasteiger partial charge on any atom is 0.312 e. The number of Topliss-reactive ketones (excluding diaryl/α,β-unsaturated/α-hetero) is 1. The van der Waals surface area contributed by atoms with Gasteiger partial charge in [-0.05, 0) is 25.5 Å². The number of carbonyl (C=O) groups excluding carboxylic acids is 2. The van der Waals surface area contributed by atoms with E-state index < -0.39 is 82.9 Å². The normalized spacial score (nSPS) is 32.5. The van der Waals surface area contributed by atoms with Gasteiger partial charge >= 0.3 is 11.8 Å². The summed E-state index contributed by atoms with van der Waals surface area (Å²) in [4.78, 5) is 35.2. The predicted octanol–water partition coefficient (Wildman–Crippen LogP) is 5.22. The highest BCUT2D eigenvalue weighted by atomic mass is 16.7. The number of aromatic nitrogens is 2. The number of benzene rings is 2. The van der Waals surface area contributed by atoms with Crippen molar-refractivity contribution in [2.24, 2.45) is 23.7 Å². The molecule has 0 unspecified atom stereocenters. The minimum Gasteiger partial charge on any atom is -0.507 e. The van der Waals surface area contributed by atoms with Crippen LogP contribution in [0.25, 0.3) is 27.2 Å². The van der Waals surface area contributed by atoms with Gasteiger partial charge in [0.25, 0.3) is 5.78 Å². The van der Waals surface area contributed by atoms with Crippen LogP contribution in [-0.2, 0) is 19.0 Å². The van der Waals surface area contributed by atoms with E-state index in [0.29, 0.717) is 5.57 Å². The molecular formula is C38H46N2O11. The Hall–Kier alpha value is -4.72. The average molecular weight is 707 g/mol. The number of rotatable bonds is 2. The van der Waals surface area contributed by atoms with Crippen molar-refractivity contribution in [3.63, 3.8) is 0 Å². The van der Waals surface area contributed by atoms with Gasteiger partial charge in [0.2, 0.25) is 0 Å². The lowest BCUT2D eigenvalue weighted by molar-refractivity contribution is -0.160. The summed E-state index contributed by atoms with van der Waals surface area (Å²) in [6, 6.07) is 0. The first-order valence-electron chi connectivity index (χ1n) is 16.8. The molecule has 0 saturated heterocycles. The van der Waals surface area contributed by atoms with Gasteiger partial charge in [-0.2, -0.15) is 0 Å². The zero-order valence-corrected chi connectivity index (χ0v) is 30.2. The highest BCUT2D eigenvalue weighted by Crippen LogP contribution is 2.54. The predicted molar refractivity (Wildman–Crippen MR) is 188 cm³/mol. The largest absolute Gasteiger partial charge is 0.507 e. The molecule has 13 heteroatoms. The summed E-state index contributed by atoms with van der Waals surface area (Å²) in [7, 11) is 1.45. The SMILES string of the molecule is CO[C@H]1/C=C\O[C@@]2(C)Oc3c(C)c(O)c4c(O)c5nc(ncc5c(O)c4c3C2=O)/C(C)=C\C=C\[C@H](C)[C@H](O)[C@@H](C)[C@@H](O)[C@@H](C)[C@H](OC(C)=O)[C@@H]1C. The van der Waals surface area contributed by atoms with Crippen LogP contribution < -0.4 is 4.74 Å². The minimum atomic E-state index is -1.96. The van der Waals surface area contributed by atoms with Gasteiger partial charge in [0, 0.05) is 61.8 Å². The number of hydrogen-bond donors (Lipinski definition) is 5. The van der Waals surface area contributed by atoms with Crippen LogP contribution in [0, 0.1) is 30.6 Å². The molecule has 6 rings (SSSR count). The van der Waals surface area contributed by atoms with Crippen molar-refractivity contribution >= 4 is 39.0 Å². The smallest absolute Gasteiger partial charge is 0.312 e. The molecule has 0 fully saturated rings. The van der Waals surface area contributed by atoms with E-state index in [4.69, 9.17) is 18.9 Å². The highest BCUT2D eigenvalue weighted by Gasteiger charge is 2.49. The third kappa shape index (κ3) is 6.49. The number of methoxy groups -OCH3 is 1. The fourth-order valence-electron chi connectivity index (χ4n) is 7.08. The molecule has 3 aliphatic heterocycles. The number of ketones is 1. The number of esters is 1. The molecule has 0 amide bonds. The monoisotopic (exact) mass is 706 g/mol. The molecule has 3 aromatic rings. The van der Waals surface area contributed by atoms with E-state index in [9.17, 15) is 35.1 Å². The Kier molecular flexibility index (Phi) is 10.4. The van der Waals surface area contributed by atoms with Crippen molar-refractivity contribution < 1.29 is 54.1 Å². The standard InChI is InChI=1S/C38H46N2O11/c1-16-11-10-12-17(2)37-39-15-23-28(40-37)33(46)26-25(32(23)45)27-35(21(6)31(26)44)51-38(8,36(27)47)49-14-13-24(48-9)18(3)34(50-22(7)41)20(5)30(43)19(4)29(16)42/h10-16,18-20,24,29-30,34,42-46H,1-9H3/b11-10+,14-13-,17-12-/t16-,18+,19+,20+,24-,29-,30+,34+,38-/m0/s1. The lowest BCUT2D eigenvalue weighted by atomic mass is 9.78. The van der Waals surface area contributed by atoms with Crippen LogP contribution in [-0.4, -0.2) is 84.6 Å². The number of carbonyl (C=O) groups is 2. The average Bonchev–Trinajstić information content (AvgIpc) is 3.36. The van der Waals surface area contributed by atoms with Crippen molar-refractivity contribution in [3.05, 3.63) is 53.7 Å². The summed E-state index contributed by atoms with van der Waals surface area (Å²) in [5.74, 6) is -6.61. The van der Waals surface area contributed by atoms with E-state index in [1.807, 2.05) is 6.92 Å². The van der Waals surface area contributed by atoms with Crippen LogP contribution in [0.15, 0.2) is 36.8 Å². The molecule has 9 atom stereocenters. The molecule has 51 heavy (non-hydrogen) atoms. The summed E-state index contributed by atoms with van der Waals surface area (Å²) in [6.45, 7) is 12.9. The first-order chi connectivity index (χ1) is 23.9. The Labute approximate surface area is 295 Å². The van der Waals surface area contributed by atoms with Gasteiger partial charge in [-0.15, -0.1) is 0 Å². The van der Waals surface area contributed by atoms with E-state index >= 15 is 0 Å². The Bertz CT molecular complexity index is 1970. The lowest BCUT2D eigenvalue weighted by Gasteiger charge is -2.38. The number of aromatic hydroxyl groups is 3. The summed E-state index contributed by atoms with van der Waals surface area (Å²) < 4.78 is 23.4. The number of aliphatic hydroxyl groups is 2. The number of fused-ring (bicyclic) bond motifs is 12. The van der Waals surface area contributed by atoms with Crippen LogP contribution in [0.2, 0.25) is 0 Å². The van der Waals surface area contributed by atoms with Crippen LogP contribution in [0.3, 0.4) is 0 Å². The first kappa shape index (κ1) is 37.5. The third-order valence-corrected chi connectivity index (χ3v) is 10.3. The van der Waals surface area contributed by atoms with Crippen LogP contribution in [0.5, 0.6) is 23.0 Å². The summed E-state index contributed by atoms with van der Waals surface area (Å²) in [5.41, 5.74) is 0.551. The molecule has 5 N–H and O–H groups in total. The Morgan fingerprint density at radius 3 is 2.27 bits per heavy atom. The zero-order valence-electron chi connectivity index (χ0n) is 30.2.